The van der Waals surface area contributed by atoms with Crippen LogP contribution in [0, 0.1) is 0 Å². The van der Waals surface area contributed by atoms with Crippen LogP contribution in [0.3, 0.4) is 0 Å². The van der Waals surface area contributed by atoms with Gasteiger partial charge >= 0.3 is 5.97 Å². The molecule has 0 aliphatic heterocycles. The summed E-state index contributed by atoms with van der Waals surface area (Å²) in [6.07, 6.45) is 10.4. The maximum absolute atomic E-state index is 12.6. The van der Waals surface area contributed by atoms with Gasteiger partial charge in [0.25, 0.3) is 0 Å². The highest BCUT2D eigenvalue weighted by Crippen LogP contribution is 2.26. The number of methoxy groups -OCH3 is 1. The summed E-state index contributed by atoms with van der Waals surface area (Å²) in [6, 6.07) is 7.46. The molecule has 0 heterocycles. The smallest absolute Gasteiger partial charge is 0.303 e. The third-order valence-electron chi connectivity index (χ3n) is 4.95. The molecule has 160 valence electrons. The second kappa shape index (κ2) is 11.7. The number of carbonyl (C=O) groups is 1. The van der Waals surface area contributed by atoms with E-state index in [1.54, 1.807) is 7.11 Å². The number of carboxylic acids is 1. The predicted octanol–water partition coefficient (Wildman–Crippen LogP) is 4.19. The molecule has 0 spiro atoms. The molecule has 0 aromatic heterocycles. The van der Waals surface area contributed by atoms with Crippen molar-refractivity contribution >= 4 is 16.0 Å². The molecule has 0 bridgehead atoms. The van der Waals surface area contributed by atoms with Gasteiger partial charge in [-0.05, 0) is 74.6 Å². The fraction of sp³-hybridized carbons (Fsp3) is 0.500. The Kier molecular flexibility index (Phi) is 9.25. The van der Waals surface area contributed by atoms with Crippen molar-refractivity contribution in [2.24, 2.45) is 0 Å². The van der Waals surface area contributed by atoms with E-state index in [1.807, 2.05) is 36.4 Å². The van der Waals surface area contributed by atoms with Crippen LogP contribution in [-0.2, 0) is 21.2 Å². The molecule has 0 atom stereocenters. The summed E-state index contributed by atoms with van der Waals surface area (Å²) in [7, 11) is -1.83. The van der Waals surface area contributed by atoms with Gasteiger partial charge in [0.1, 0.15) is 5.75 Å². The lowest BCUT2D eigenvalue weighted by Gasteiger charge is -2.21. The van der Waals surface area contributed by atoms with Crippen molar-refractivity contribution < 1.29 is 23.1 Å². The number of hydrogen-bond donors (Lipinski definition) is 2. The van der Waals surface area contributed by atoms with E-state index in [4.69, 9.17) is 9.84 Å². The van der Waals surface area contributed by atoms with Gasteiger partial charge in [-0.15, -0.1) is 0 Å². The van der Waals surface area contributed by atoms with Crippen LogP contribution in [0.4, 0.5) is 0 Å². The van der Waals surface area contributed by atoms with Crippen LogP contribution in [-0.4, -0.2) is 32.4 Å². The molecule has 0 saturated carbocycles. The maximum Gasteiger partial charge on any atom is 0.303 e. The first-order valence-electron chi connectivity index (χ1n) is 10.1. The first kappa shape index (κ1) is 23.0. The summed E-state index contributed by atoms with van der Waals surface area (Å²) in [5.41, 5.74) is 2.89. The zero-order valence-corrected chi connectivity index (χ0v) is 17.8. The molecule has 1 aliphatic rings. The lowest BCUT2D eigenvalue weighted by atomic mass is 9.94. The van der Waals surface area contributed by atoms with Gasteiger partial charge in [-0.1, -0.05) is 24.3 Å². The number of sulfonamides is 1. The van der Waals surface area contributed by atoms with E-state index < -0.39 is 16.0 Å². The maximum atomic E-state index is 12.6. The molecular formula is C22H31NO5S. The number of aliphatic carboxylic acids is 1. The summed E-state index contributed by atoms with van der Waals surface area (Å²) in [5, 5.41) is 8.66. The molecule has 1 aromatic carbocycles. The summed E-state index contributed by atoms with van der Waals surface area (Å²) in [6.45, 7) is 0. The van der Waals surface area contributed by atoms with Crippen LogP contribution >= 0.6 is 0 Å². The summed E-state index contributed by atoms with van der Waals surface area (Å²) < 4.78 is 33.2. The minimum Gasteiger partial charge on any atom is -0.497 e. The topological polar surface area (TPSA) is 92.7 Å². The van der Waals surface area contributed by atoms with E-state index in [0.29, 0.717) is 19.3 Å². The molecule has 0 saturated heterocycles. The predicted molar refractivity (Wildman–Crippen MR) is 114 cm³/mol. The second-order valence-corrected chi connectivity index (χ2v) is 9.12. The van der Waals surface area contributed by atoms with Crippen molar-refractivity contribution in [3.63, 3.8) is 0 Å². The standard InChI is InChI=1S/C22H31NO5S/c1-28-20-12-8-9-18(17-20)15-16-29(26,27)23-21-13-7-6-11-19(21)10-4-2-3-5-14-22(24)25/h2,4,8-9,12,17,23H,3,5-7,10-11,13-16H2,1H3,(H,24,25). The van der Waals surface area contributed by atoms with Crippen molar-refractivity contribution in [3.8, 4) is 5.75 Å². The van der Waals surface area contributed by atoms with E-state index >= 15 is 0 Å². The fourth-order valence-corrected chi connectivity index (χ4v) is 4.58. The molecule has 2 N–H and O–H groups in total. The highest BCUT2D eigenvalue weighted by atomic mass is 32.2. The summed E-state index contributed by atoms with van der Waals surface area (Å²) >= 11 is 0. The van der Waals surface area contributed by atoms with Crippen molar-refractivity contribution in [1.29, 1.82) is 0 Å². The van der Waals surface area contributed by atoms with Gasteiger partial charge in [0.05, 0.1) is 12.9 Å². The molecule has 1 aliphatic carbocycles. The highest BCUT2D eigenvalue weighted by molar-refractivity contribution is 7.89. The lowest BCUT2D eigenvalue weighted by molar-refractivity contribution is -0.137. The molecule has 29 heavy (non-hydrogen) atoms. The fourth-order valence-electron chi connectivity index (χ4n) is 3.35. The summed E-state index contributed by atoms with van der Waals surface area (Å²) in [4.78, 5) is 10.5. The largest absolute Gasteiger partial charge is 0.497 e. The van der Waals surface area contributed by atoms with Crippen LogP contribution < -0.4 is 9.46 Å². The Morgan fingerprint density at radius 2 is 2.03 bits per heavy atom. The second-order valence-electron chi connectivity index (χ2n) is 7.27. The quantitative estimate of drug-likeness (QED) is 0.390. The van der Waals surface area contributed by atoms with Crippen LogP contribution in [0.1, 0.15) is 56.9 Å². The highest BCUT2D eigenvalue weighted by Gasteiger charge is 2.18. The molecule has 0 amide bonds. The summed E-state index contributed by atoms with van der Waals surface area (Å²) in [5.74, 6) is -0.0265. The average Bonchev–Trinajstić information content (AvgIpc) is 2.70. The van der Waals surface area contributed by atoms with Gasteiger partial charge < -0.3 is 9.84 Å². The minimum absolute atomic E-state index is 0.0297. The zero-order valence-electron chi connectivity index (χ0n) is 17.0. The van der Waals surface area contributed by atoms with Crippen molar-refractivity contribution in [2.45, 2.75) is 57.8 Å². The molecule has 0 fully saturated rings. The molecule has 0 unspecified atom stereocenters. The van der Waals surface area contributed by atoms with E-state index in [2.05, 4.69) is 4.72 Å². The van der Waals surface area contributed by atoms with Crippen LogP contribution in [0.5, 0.6) is 5.75 Å². The van der Waals surface area contributed by atoms with Crippen molar-refractivity contribution in [3.05, 3.63) is 53.3 Å². The molecule has 2 rings (SSSR count). The first-order chi connectivity index (χ1) is 13.9. The van der Waals surface area contributed by atoms with E-state index in [0.717, 1.165) is 54.7 Å². The van der Waals surface area contributed by atoms with Gasteiger partial charge in [0.15, 0.2) is 0 Å². The molecule has 7 heteroatoms. The van der Waals surface area contributed by atoms with E-state index in [1.165, 1.54) is 0 Å². The Balaban J connectivity index is 1.92. The van der Waals surface area contributed by atoms with Gasteiger partial charge in [0.2, 0.25) is 10.0 Å². The van der Waals surface area contributed by atoms with Crippen molar-refractivity contribution in [2.75, 3.05) is 12.9 Å². The Labute approximate surface area is 173 Å². The van der Waals surface area contributed by atoms with Crippen LogP contribution in [0.2, 0.25) is 0 Å². The number of allylic oxidation sites excluding steroid dienone is 4. The third-order valence-corrected chi connectivity index (χ3v) is 6.25. The average molecular weight is 422 g/mol. The lowest BCUT2D eigenvalue weighted by Crippen LogP contribution is -2.28. The van der Waals surface area contributed by atoms with Gasteiger partial charge in [-0.25, -0.2) is 8.42 Å². The number of unbranched alkanes of at least 4 members (excludes halogenated alkanes) is 1. The Morgan fingerprint density at radius 3 is 2.79 bits per heavy atom. The van der Waals surface area contributed by atoms with Crippen LogP contribution in [0.15, 0.2) is 47.7 Å². The normalized spacial score (nSPS) is 14.9. The van der Waals surface area contributed by atoms with Gasteiger partial charge in [0, 0.05) is 12.1 Å². The monoisotopic (exact) mass is 421 g/mol. The molecule has 0 radical (unpaired) electrons. The third kappa shape index (κ3) is 8.73. The number of ether oxygens (including phenoxy) is 1. The van der Waals surface area contributed by atoms with E-state index in [-0.39, 0.29) is 12.2 Å². The zero-order chi connectivity index (χ0) is 21.1. The Bertz CT molecular complexity index is 843. The van der Waals surface area contributed by atoms with E-state index in [9.17, 15) is 13.2 Å². The van der Waals surface area contributed by atoms with Gasteiger partial charge in [-0.2, -0.15) is 0 Å². The number of hydrogen-bond acceptors (Lipinski definition) is 4. The van der Waals surface area contributed by atoms with Gasteiger partial charge in [-0.3, -0.25) is 9.52 Å². The Hall–Kier alpha value is -2.28. The number of rotatable bonds is 12. The molecular weight excluding hydrogens is 390 g/mol. The van der Waals surface area contributed by atoms with Crippen LogP contribution in [0.25, 0.3) is 0 Å². The Morgan fingerprint density at radius 1 is 1.24 bits per heavy atom. The SMILES string of the molecule is COc1cccc(CCS(=O)(=O)NC2=C(CC=CCCCC(=O)O)CCCC2)c1. The number of carboxylic acid groups (broad SMARTS) is 1. The van der Waals surface area contributed by atoms with Crippen molar-refractivity contribution in [1.82, 2.24) is 4.72 Å². The minimum atomic E-state index is -3.42. The number of aryl methyl sites for hydroxylation is 1. The first-order valence-corrected chi connectivity index (χ1v) is 11.8. The molecule has 6 nitrogen and oxygen atoms in total. The number of nitrogens with one attached hydrogen (secondary N) is 1. The number of benzene rings is 1. The molecule has 1 aromatic rings.